The largest absolute Gasteiger partial charge is 0.382 e. The van der Waals surface area contributed by atoms with Gasteiger partial charge in [-0.25, -0.2) is 4.98 Å². The second-order valence-electron chi connectivity index (χ2n) is 3.67. The van der Waals surface area contributed by atoms with Crippen molar-refractivity contribution in [3.8, 4) is 0 Å². The molecule has 0 aliphatic rings. The van der Waals surface area contributed by atoms with Gasteiger partial charge in [-0.1, -0.05) is 0 Å². The number of hydrogen-bond acceptors (Lipinski definition) is 3. The molecule has 94 valence electrons. The van der Waals surface area contributed by atoms with Gasteiger partial charge in [-0.15, -0.1) is 0 Å². The smallest absolute Gasteiger partial charge is 0.225 e. The third-order valence-electron chi connectivity index (χ3n) is 2.20. The average molecular weight is 301 g/mol. The van der Waals surface area contributed by atoms with Gasteiger partial charge in [0.1, 0.15) is 5.82 Å². The Bertz CT molecular complexity index is 383. The van der Waals surface area contributed by atoms with E-state index >= 15 is 0 Å². The van der Waals surface area contributed by atoms with Gasteiger partial charge in [0.15, 0.2) is 0 Å². The van der Waals surface area contributed by atoms with Gasteiger partial charge in [0.25, 0.3) is 0 Å². The standard InChI is InChI=1S/C12H17BrN2O2/c1-3-17-6-4-5-11(16)15-12-9(2)7-10(13)8-14-12/h7-8H,3-6H2,1-2H3,(H,14,15,16). The molecule has 17 heavy (non-hydrogen) atoms. The third-order valence-corrected chi connectivity index (χ3v) is 2.63. The minimum Gasteiger partial charge on any atom is -0.382 e. The molecule has 0 aromatic carbocycles. The van der Waals surface area contributed by atoms with Crippen LogP contribution in [-0.4, -0.2) is 24.1 Å². The molecule has 0 saturated heterocycles. The highest BCUT2D eigenvalue weighted by Gasteiger charge is 2.06. The van der Waals surface area contributed by atoms with Gasteiger partial charge in [0, 0.05) is 30.3 Å². The Balaban J connectivity index is 2.40. The molecule has 1 rings (SSSR count). The molecule has 0 unspecified atom stereocenters. The Morgan fingerprint density at radius 1 is 1.59 bits per heavy atom. The highest BCUT2D eigenvalue weighted by Crippen LogP contribution is 2.16. The van der Waals surface area contributed by atoms with Crippen molar-refractivity contribution in [1.82, 2.24) is 4.98 Å². The number of nitrogens with zero attached hydrogens (tertiary/aromatic N) is 1. The lowest BCUT2D eigenvalue weighted by atomic mass is 10.2. The van der Waals surface area contributed by atoms with Crippen LogP contribution in [0.15, 0.2) is 16.7 Å². The first-order valence-electron chi connectivity index (χ1n) is 5.63. The van der Waals surface area contributed by atoms with Gasteiger partial charge in [0.2, 0.25) is 5.91 Å². The normalized spacial score (nSPS) is 10.3. The fraction of sp³-hybridized carbons (Fsp3) is 0.500. The van der Waals surface area contributed by atoms with Crippen LogP contribution in [0.3, 0.4) is 0 Å². The van der Waals surface area contributed by atoms with Crippen molar-refractivity contribution < 1.29 is 9.53 Å². The molecule has 0 spiro atoms. The van der Waals surface area contributed by atoms with Gasteiger partial charge in [-0.05, 0) is 47.8 Å². The molecular weight excluding hydrogens is 284 g/mol. The van der Waals surface area contributed by atoms with Crippen molar-refractivity contribution in [2.45, 2.75) is 26.7 Å². The summed E-state index contributed by atoms with van der Waals surface area (Å²) >= 11 is 3.33. The summed E-state index contributed by atoms with van der Waals surface area (Å²) in [6, 6.07) is 1.92. The number of amides is 1. The fourth-order valence-corrected chi connectivity index (χ4v) is 1.79. The Hall–Kier alpha value is -0.940. The Morgan fingerprint density at radius 2 is 2.35 bits per heavy atom. The van der Waals surface area contributed by atoms with Crippen LogP contribution in [0.2, 0.25) is 0 Å². The molecule has 1 amide bonds. The van der Waals surface area contributed by atoms with Crippen LogP contribution in [0.25, 0.3) is 0 Å². The predicted molar refractivity (Wildman–Crippen MR) is 71.0 cm³/mol. The van der Waals surface area contributed by atoms with Gasteiger partial charge in [-0.3, -0.25) is 4.79 Å². The van der Waals surface area contributed by atoms with E-state index in [-0.39, 0.29) is 5.91 Å². The number of aryl methyl sites for hydroxylation is 1. The maximum atomic E-state index is 11.6. The number of rotatable bonds is 6. The number of carbonyl (C=O) groups excluding carboxylic acids is 1. The van der Waals surface area contributed by atoms with Crippen molar-refractivity contribution in [3.05, 3.63) is 22.3 Å². The summed E-state index contributed by atoms with van der Waals surface area (Å²) in [4.78, 5) is 15.7. The van der Waals surface area contributed by atoms with E-state index in [9.17, 15) is 4.79 Å². The molecule has 0 aliphatic carbocycles. The molecule has 0 atom stereocenters. The van der Waals surface area contributed by atoms with E-state index in [4.69, 9.17) is 4.74 Å². The molecule has 5 heteroatoms. The summed E-state index contributed by atoms with van der Waals surface area (Å²) in [6.07, 6.45) is 2.86. The van der Waals surface area contributed by atoms with Crippen LogP contribution in [0, 0.1) is 6.92 Å². The van der Waals surface area contributed by atoms with Crippen molar-refractivity contribution in [2.75, 3.05) is 18.5 Å². The lowest BCUT2D eigenvalue weighted by molar-refractivity contribution is -0.116. The molecular formula is C12H17BrN2O2. The number of halogens is 1. The molecule has 1 heterocycles. The average Bonchev–Trinajstić information content (AvgIpc) is 2.28. The van der Waals surface area contributed by atoms with Crippen LogP contribution in [-0.2, 0) is 9.53 Å². The Kier molecular flexibility index (Phi) is 6.15. The van der Waals surface area contributed by atoms with Gasteiger partial charge < -0.3 is 10.1 Å². The highest BCUT2D eigenvalue weighted by molar-refractivity contribution is 9.10. The summed E-state index contributed by atoms with van der Waals surface area (Å²) < 4.78 is 6.08. The lowest BCUT2D eigenvalue weighted by Gasteiger charge is -2.07. The summed E-state index contributed by atoms with van der Waals surface area (Å²) in [5.41, 5.74) is 0.942. The number of nitrogens with one attached hydrogen (secondary N) is 1. The van der Waals surface area contributed by atoms with Crippen LogP contribution in [0.1, 0.15) is 25.3 Å². The van der Waals surface area contributed by atoms with Crippen molar-refractivity contribution in [3.63, 3.8) is 0 Å². The number of carbonyl (C=O) groups is 1. The topological polar surface area (TPSA) is 51.2 Å². The maximum Gasteiger partial charge on any atom is 0.225 e. The van der Waals surface area contributed by atoms with Crippen molar-refractivity contribution >= 4 is 27.7 Å². The second kappa shape index (κ2) is 7.40. The van der Waals surface area contributed by atoms with Crippen molar-refractivity contribution in [2.24, 2.45) is 0 Å². The fourth-order valence-electron chi connectivity index (χ4n) is 1.35. The second-order valence-corrected chi connectivity index (χ2v) is 4.58. The summed E-state index contributed by atoms with van der Waals surface area (Å²) in [7, 11) is 0. The van der Waals surface area contributed by atoms with Gasteiger partial charge >= 0.3 is 0 Å². The monoisotopic (exact) mass is 300 g/mol. The molecule has 0 saturated carbocycles. The maximum absolute atomic E-state index is 11.6. The first kappa shape index (κ1) is 14.1. The predicted octanol–water partition coefficient (Wildman–Crippen LogP) is 2.91. The van der Waals surface area contributed by atoms with Crippen molar-refractivity contribution in [1.29, 1.82) is 0 Å². The molecule has 1 aromatic heterocycles. The number of ether oxygens (including phenoxy) is 1. The van der Waals surface area contributed by atoms with E-state index in [2.05, 4.69) is 26.2 Å². The minimum absolute atomic E-state index is 0.0253. The van der Waals surface area contributed by atoms with E-state index in [1.165, 1.54) is 0 Å². The molecule has 1 aromatic rings. The van der Waals surface area contributed by atoms with Gasteiger partial charge in [0.05, 0.1) is 0 Å². The SMILES string of the molecule is CCOCCCC(=O)Nc1ncc(Br)cc1C. The summed E-state index contributed by atoms with van der Waals surface area (Å²) in [5, 5.41) is 2.79. The van der Waals surface area contributed by atoms with Crippen LogP contribution >= 0.6 is 15.9 Å². The quantitative estimate of drug-likeness (QED) is 0.822. The molecule has 0 bridgehead atoms. The minimum atomic E-state index is -0.0253. The van der Waals surface area contributed by atoms with Crippen LogP contribution in [0.4, 0.5) is 5.82 Å². The van der Waals surface area contributed by atoms with E-state index in [0.29, 0.717) is 25.5 Å². The molecule has 4 nitrogen and oxygen atoms in total. The summed E-state index contributed by atoms with van der Waals surface area (Å²) in [5.74, 6) is 0.595. The Morgan fingerprint density at radius 3 is 3.00 bits per heavy atom. The number of hydrogen-bond donors (Lipinski definition) is 1. The lowest BCUT2D eigenvalue weighted by Crippen LogP contribution is -2.14. The number of aromatic nitrogens is 1. The number of anilines is 1. The van der Waals surface area contributed by atoms with Gasteiger partial charge in [-0.2, -0.15) is 0 Å². The van der Waals surface area contributed by atoms with E-state index in [1.807, 2.05) is 19.9 Å². The Labute approximate surface area is 110 Å². The highest BCUT2D eigenvalue weighted by atomic mass is 79.9. The molecule has 1 N–H and O–H groups in total. The van der Waals surface area contributed by atoms with Crippen LogP contribution < -0.4 is 5.32 Å². The summed E-state index contributed by atoms with van der Waals surface area (Å²) in [6.45, 7) is 5.16. The first-order chi connectivity index (χ1) is 8.13. The zero-order valence-corrected chi connectivity index (χ0v) is 11.7. The zero-order chi connectivity index (χ0) is 12.7. The van der Waals surface area contributed by atoms with E-state index in [1.54, 1.807) is 6.20 Å². The van der Waals surface area contributed by atoms with E-state index < -0.39 is 0 Å². The molecule has 0 fully saturated rings. The zero-order valence-electron chi connectivity index (χ0n) is 10.1. The first-order valence-corrected chi connectivity index (χ1v) is 6.42. The molecule has 0 aliphatic heterocycles. The number of pyridine rings is 1. The van der Waals surface area contributed by atoms with E-state index in [0.717, 1.165) is 16.5 Å². The third kappa shape index (κ3) is 5.28. The molecule has 0 radical (unpaired) electrons. The van der Waals surface area contributed by atoms with Crippen LogP contribution in [0.5, 0.6) is 0 Å².